The summed E-state index contributed by atoms with van der Waals surface area (Å²) in [6.45, 7) is 0.645. The summed E-state index contributed by atoms with van der Waals surface area (Å²) in [7, 11) is 0. The number of aromatic nitrogens is 1. The molecule has 2 heterocycles. The zero-order chi connectivity index (χ0) is 7.68. The van der Waals surface area contributed by atoms with Crippen molar-refractivity contribution < 1.29 is 4.52 Å². The minimum Gasteiger partial charge on any atom is -0.361 e. The van der Waals surface area contributed by atoms with E-state index in [0.29, 0.717) is 6.54 Å². The molecule has 0 atom stereocenters. The van der Waals surface area contributed by atoms with Crippen LogP contribution in [0.3, 0.4) is 0 Å². The average Bonchev–Trinajstić information content (AvgIpc) is 2.53. The molecule has 0 amide bonds. The molecular weight excluding hydrogens is 160 g/mol. The summed E-state index contributed by atoms with van der Waals surface area (Å²) in [6.07, 6.45) is 0.822. The van der Waals surface area contributed by atoms with E-state index in [1.54, 1.807) is 0 Å². The Hall–Kier alpha value is -0.480. The number of thioether (sulfide) groups is 1. The molecule has 0 fully saturated rings. The van der Waals surface area contributed by atoms with Gasteiger partial charge in [-0.05, 0) is 6.54 Å². The zero-order valence-corrected chi connectivity index (χ0v) is 6.99. The van der Waals surface area contributed by atoms with Crippen LogP contribution in [-0.4, -0.2) is 11.7 Å². The normalized spacial score (nSPS) is 15.4. The summed E-state index contributed by atoms with van der Waals surface area (Å²) in [5.41, 5.74) is 7.83. The van der Waals surface area contributed by atoms with E-state index in [1.165, 1.54) is 5.56 Å². The predicted octanol–water partition coefficient (Wildman–Crippen LogP) is 0.923. The van der Waals surface area contributed by atoms with Gasteiger partial charge in [0.1, 0.15) is 5.76 Å². The van der Waals surface area contributed by atoms with Gasteiger partial charge in [0.05, 0.1) is 5.69 Å². The predicted molar refractivity (Wildman–Crippen MR) is 44.3 cm³/mol. The first-order chi connectivity index (χ1) is 5.42. The van der Waals surface area contributed by atoms with Crippen LogP contribution < -0.4 is 5.73 Å². The molecule has 1 aromatic rings. The number of rotatable bonds is 2. The van der Waals surface area contributed by atoms with E-state index >= 15 is 0 Å². The first-order valence-corrected chi connectivity index (χ1v) is 4.81. The van der Waals surface area contributed by atoms with Crippen LogP contribution in [-0.2, 0) is 17.9 Å². The number of fused-ring (bicyclic) bond motifs is 1. The van der Waals surface area contributed by atoms with Crippen LogP contribution in [0, 0.1) is 0 Å². The zero-order valence-electron chi connectivity index (χ0n) is 6.17. The highest BCUT2D eigenvalue weighted by atomic mass is 32.2. The summed E-state index contributed by atoms with van der Waals surface area (Å²) in [5.74, 6) is 3.05. The van der Waals surface area contributed by atoms with E-state index < -0.39 is 0 Å². The Bertz CT molecular complexity index is 259. The van der Waals surface area contributed by atoms with Crippen LogP contribution in [0.1, 0.15) is 17.0 Å². The van der Waals surface area contributed by atoms with Crippen LogP contribution in [0.2, 0.25) is 0 Å². The maximum atomic E-state index is 5.42. The summed E-state index contributed by atoms with van der Waals surface area (Å²) >= 11 is 1.89. The Labute approximate surface area is 69.3 Å². The minimum atomic E-state index is 0.645. The van der Waals surface area contributed by atoms with Crippen molar-refractivity contribution in [2.24, 2.45) is 5.73 Å². The van der Waals surface area contributed by atoms with Gasteiger partial charge in [0, 0.05) is 23.5 Å². The molecule has 0 aliphatic carbocycles. The van der Waals surface area contributed by atoms with Gasteiger partial charge in [-0.3, -0.25) is 0 Å². The molecule has 1 aromatic heterocycles. The summed E-state index contributed by atoms with van der Waals surface area (Å²) < 4.78 is 5.13. The number of nitrogens with two attached hydrogens (primary N) is 1. The number of hydrogen-bond donors (Lipinski definition) is 1. The Kier molecular flexibility index (Phi) is 1.87. The Balaban J connectivity index is 2.27. The highest BCUT2D eigenvalue weighted by Gasteiger charge is 2.20. The molecule has 3 nitrogen and oxygen atoms in total. The van der Waals surface area contributed by atoms with Crippen molar-refractivity contribution in [3.05, 3.63) is 17.0 Å². The molecule has 0 saturated carbocycles. The first-order valence-electron chi connectivity index (χ1n) is 3.66. The lowest BCUT2D eigenvalue weighted by Gasteiger charge is -1.92. The minimum absolute atomic E-state index is 0.645. The lowest BCUT2D eigenvalue weighted by molar-refractivity contribution is 0.379. The van der Waals surface area contributed by atoms with Crippen molar-refractivity contribution in [2.75, 3.05) is 6.54 Å². The highest BCUT2D eigenvalue weighted by molar-refractivity contribution is 7.98. The van der Waals surface area contributed by atoms with Crippen molar-refractivity contribution >= 4 is 11.8 Å². The molecule has 4 heteroatoms. The summed E-state index contributed by atoms with van der Waals surface area (Å²) in [4.78, 5) is 0. The van der Waals surface area contributed by atoms with Gasteiger partial charge in [-0.1, -0.05) is 5.16 Å². The summed E-state index contributed by atoms with van der Waals surface area (Å²) in [5, 5.41) is 3.96. The topological polar surface area (TPSA) is 52.0 Å². The molecule has 2 rings (SSSR count). The molecule has 0 radical (unpaired) electrons. The monoisotopic (exact) mass is 170 g/mol. The molecule has 0 bridgehead atoms. The van der Waals surface area contributed by atoms with Gasteiger partial charge in [0.15, 0.2) is 0 Å². The van der Waals surface area contributed by atoms with Gasteiger partial charge < -0.3 is 10.3 Å². The molecular formula is C7H10N2OS. The molecule has 60 valence electrons. The lowest BCUT2D eigenvalue weighted by atomic mass is 10.2. The Morgan fingerprint density at radius 1 is 1.55 bits per heavy atom. The summed E-state index contributed by atoms with van der Waals surface area (Å²) in [6, 6.07) is 0. The fourth-order valence-corrected chi connectivity index (χ4v) is 2.29. The third-order valence-electron chi connectivity index (χ3n) is 1.81. The van der Waals surface area contributed by atoms with Gasteiger partial charge >= 0.3 is 0 Å². The van der Waals surface area contributed by atoms with Crippen LogP contribution in [0.15, 0.2) is 4.52 Å². The fraction of sp³-hybridized carbons (Fsp3) is 0.571. The third kappa shape index (κ3) is 1.16. The second-order valence-corrected chi connectivity index (χ2v) is 3.55. The second-order valence-electron chi connectivity index (χ2n) is 2.56. The van der Waals surface area contributed by atoms with Crippen LogP contribution in [0.5, 0.6) is 0 Å². The van der Waals surface area contributed by atoms with Crippen LogP contribution in [0.4, 0.5) is 0 Å². The molecule has 0 spiro atoms. The Morgan fingerprint density at radius 2 is 2.45 bits per heavy atom. The van der Waals surface area contributed by atoms with Gasteiger partial charge in [0.25, 0.3) is 0 Å². The molecule has 0 unspecified atom stereocenters. The standard InChI is InChI=1S/C7H10N2OS/c8-2-1-7-5-3-11-4-6(5)9-10-7/h1-4,8H2. The van der Waals surface area contributed by atoms with Crippen LogP contribution >= 0.6 is 11.8 Å². The Morgan fingerprint density at radius 3 is 3.27 bits per heavy atom. The van der Waals surface area contributed by atoms with Crippen molar-refractivity contribution in [3.63, 3.8) is 0 Å². The van der Waals surface area contributed by atoms with Crippen molar-refractivity contribution in [1.29, 1.82) is 0 Å². The number of nitrogens with zero attached hydrogens (tertiary/aromatic N) is 1. The number of hydrogen-bond acceptors (Lipinski definition) is 4. The van der Waals surface area contributed by atoms with Gasteiger partial charge in [0.2, 0.25) is 0 Å². The average molecular weight is 170 g/mol. The van der Waals surface area contributed by atoms with Crippen LogP contribution in [0.25, 0.3) is 0 Å². The molecule has 0 aromatic carbocycles. The van der Waals surface area contributed by atoms with Gasteiger partial charge in [-0.15, -0.1) is 0 Å². The van der Waals surface area contributed by atoms with Crippen molar-refractivity contribution in [1.82, 2.24) is 5.16 Å². The lowest BCUT2D eigenvalue weighted by Crippen LogP contribution is -2.03. The van der Waals surface area contributed by atoms with Gasteiger partial charge in [-0.25, -0.2) is 0 Å². The van der Waals surface area contributed by atoms with E-state index in [9.17, 15) is 0 Å². The fourth-order valence-electron chi connectivity index (χ4n) is 1.24. The van der Waals surface area contributed by atoms with E-state index in [2.05, 4.69) is 5.16 Å². The maximum absolute atomic E-state index is 5.42. The molecule has 1 aliphatic heterocycles. The van der Waals surface area contributed by atoms with E-state index in [1.807, 2.05) is 11.8 Å². The maximum Gasteiger partial charge on any atom is 0.142 e. The highest BCUT2D eigenvalue weighted by Crippen LogP contribution is 2.31. The van der Waals surface area contributed by atoms with E-state index in [-0.39, 0.29) is 0 Å². The molecule has 2 N–H and O–H groups in total. The first kappa shape index (κ1) is 7.18. The molecule has 1 aliphatic rings. The quantitative estimate of drug-likeness (QED) is 0.717. The smallest absolute Gasteiger partial charge is 0.142 e. The third-order valence-corrected chi connectivity index (χ3v) is 2.78. The largest absolute Gasteiger partial charge is 0.361 e. The molecule has 0 saturated heterocycles. The SMILES string of the molecule is NCCc1onc2c1CSC2. The molecule has 11 heavy (non-hydrogen) atoms. The van der Waals surface area contributed by atoms with E-state index in [0.717, 1.165) is 29.4 Å². The van der Waals surface area contributed by atoms with Crippen molar-refractivity contribution in [3.8, 4) is 0 Å². The second kappa shape index (κ2) is 2.87. The van der Waals surface area contributed by atoms with Crippen molar-refractivity contribution in [2.45, 2.75) is 17.9 Å². The van der Waals surface area contributed by atoms with E-state index in [4.69, 9.17) is 10.3 Å². The van der Waals surface area contributed by atoms with Gasteiger partial charge in [-0.2, -0.15) is 11.8 Å².